The van der Waals surface area contributed by atoms with Crippen molar-refractivity contribution in [2.75, 3.05) is 13.2 Å². The van der Waals surface area contributed by atoms with E-state index >= 15 is 0 Å². The first kappa shape index (κ1) is 22.3. The Morgan fingerprint density at radius 3 is 1.93 bits per heavy atom. The summed E-state index contributed by atoms with van der Waals surface area (Å²) in [7, 11) is 0. The molecule has 0 N–H and O–H groups in total. The first-order chi connectivity index (χ1) is 14.6. The smallest absolute Gasteiger partial charge is 0.192 e. The van der Waals surface area contributed by atoms with Crippen molar-refractivity contribution >= 4 is 0 Å². The van der Waals surface area contributed by atoms with Crippen molar-refractivity contribution in [3.8, 4) is 0 Å². The number of alkyl halides is 2. The second-order valence-electron chi connectivity index (χ2n) is 10.2. The summed E-state index contributed by atoms with van der Waals surface area (Å²) in [5.74, 6) is 3.61. The topological polar surface area (TPSA) is 18.5 Å². The molecule has 0 aromatic rings. The summed E-state index contributed by atoms with van der Waals surface area (Å²) in [4.78, 5) is 0. The summed E-state index contributed by atoms with van der Waals surface area (Å²) in [6.07, 6.45) is 13.1. The van der Waals surface area contributed by atoms with E-state index in [1.54, 1.807) is 19.1 Å². The summed E-state index contributed by atoms with van der Waals surface area (Å²) < 4.78 is 40.3. The van der Waals surface area contributed by atoms with Gasteiger partial charge in [0.25, 0.3) is 0 Å². The van der Waals surface area contributed by atoms with Crippen LogP contribution in [0, 0.1) is 29.6 Å². The number of allylic oxidation sites excluding steroid dienone is 4. The summed E-state index contributed by atoms with van der Waals surface area (Å²) in [5, 5.41) is 0. The van der Waals surface area contributed by atoms with Crippen molar-refractivity contribution < 1.29 is 18.3 Å². The lowest BCUT2D eigenvalue weighted by atomic mass is 9.66. The fraction of sp³-hybridized carbons (Fsp3) is 0.846. The number of hydrogen-bond acceptors (Lipinski definition) is 2. The van der Waals surface area contributed by atoms with E-state index in [0.717, 1.165) is 43.1 Å². The molecule has 1 aliphatic heterocycles. The Kier molecular flexibility index (Phi) is 7.54. The van der Waals surface area contributed by atoms with E-state index in [-0.39, 0.29) is 11.7 Å². The molecular formula is C26H40F2O2. The summed E-state index contributed by atoms with van der Waals surface area (Å²) in [5.41, 5.74) is 0.666. The Labute approximate surface area is 181 Å². The summed E-state index contributed by atoms with van der Waals surface area (Å²) in [6, 6.07) is 0. The van der Waals surface area contributed by atoms with Gasteiger partial charge in [0.15, 0.2) is 12.3 Å². The first-order valence-electron chi connectivity index (χ1n) is 12.5. The number of halogens is 2. The molecule has 3 unspecified atom stereocenters. The zero-order chi connectivity index (χ0) is 21.1. The van der Waals surface area contributed by atoms with E-state index in [4.69, 9.17) is 9.47 Å². The number of rotatable bonds is 5. The largest absolute Gasteiger partial charge is 0.495 e. The van der Waals surface area contributed by atoms with E-state index in [1.165, 1.54) is 51.4 Å². The highest BCUT2D eigenvalue weighted by Gasteiger charge is 2.39. The molecule has 30 heavy (non-hydrogen) atoms. The molecule has 0 aromatic carbocycles. The van der Waals surface area contributed by atoms with Crippen LogP contribution in [0.5, 0.6) is 0 Å². The van der Waals surface area contributed by atoms with E-state index < -0.39 is 12.3 Å². The third kappa shape index (κ3) is 4.95. The lowest BCUT2D eigenvalue weighted by Gasteiger charge is -2.41. The average Bonchev–Trinajstić information content (AvgIpc) is 2.78. The third-order valence-electron chi connectivity index (χ3n) is 8.53. The Balaban J connectivity index is 1.24. The van der Waals surface area contributed by atoms with Gasteiger partial charge in [0.05, 0.1) is 19.3 Å². The van der Waals surface area contributed by atoms with Crippen molar-refractivity contribution in [1.29, 1.82) is 0 Å². The minimum Gasteiger partial charge on any atom is -0.495 e. The van der Waals surface area contributed by atoms with Gasteiger partial charge in [-0.2, -0.15) is 0 Å². The lowest BCUT2D eigenvalue weighted by Crippen LogP contribution is -2.34. The highest BCUT2D eigenvalue weighted by atomic mass is 19.2. The molecular weight excluding hydrogens is 382 g/mol. The molecule has 3 fully saturated rings. The van der Waals surface area contributed by atoms with Crippen LogP contribution in [0.15, 0.2) is 23.5 Å². The van der Waals surface area contributed by atoms with Gasteiger partial charge >= 0.3 is 0 Å². The molecule has 1 heterocycles. The van der Waals surface area contributed by atoms with E-state index in [9.17, 15) is 8.78 Å². The van der Waals surface area contributed by atoms with Crippen LogP contribution in [0.2, 0.25) is 0 Å². The lowest BCUT2D eigenvalue weighted by molar-refractivity contribution is -0.0317. The van der Waals surface area contributed by atoms with Crippen LogP contribution >= 0.6 is 0 Å². The minimum atomic E-state index is -1.63. The number of ether oxygens (including phenoxy) is 2. The molecule has 0 bridgehead atoms. The fourth-order valence-electron chi connectivity index (χ4n) is 6.62. The highest BCUT2D eigenvalue weighted by Crippen LogP contribution is 2.46. The average molecular weight is 423 g/mol. The molecule has 3 aliphatic carbocycles. The predicted octanol–water partition coefficient (Wildman–Crippen LogP) is 6.95. The molecule has 2 nitrogen and oxygen atoms in total. The SMILES string of the molecule is CCOC1=CC=C(C2CCC(C3CCC(C4CC[C@H](C)OC4)CC3)CC2)C(F)C1F. The standard InChI is InChI=1S/C26H40F2O2/c1-3-29-24-15-14-23(25(27)26(24)28)21-12-10-19(11-13-21)18-6-8-20(9-7-18)22-5-4-17(2)30-16-22/h14-15,17-22,25-26H,3-13,16H2,1-2H3/t17-,18?,19?,20?,21?,22?,25?,26?/m0/s1. The van der Waals surface area contributed by atoms with Gasteiger partial charge in [0.2, 0.25) is 0 Å². The predicted molar refractivity (Wildman–Crippen MR) is 117 cm³/mol. The van der Waals surface area contributed by atoms with Gasteiger partial charge in [-0.25, -0.2) is 8.78 Å². The zero-order valence-electron chi connectivity index (χ0n) is 18.8. The molecule has 2 saturated carbocycles. The maximum Gasteiger partial charge on any atom is 0.192 e. The van der Waals surface area contributed by atoms with E-state index in [2.05, 4.69) is 6.92 Å². The molecule has 0 spiro atoms. The second-order valence-corrected chi connectivity index (χ2v) is 10.2. The number of hydrogen-bond donors (Lipinski definition) is 0. The molecule has 1 saturated heterocycles. The van der Waals surface area contributed by atoms with Crippen LogP contribution in [0.3, 0.4) is 0 Å². The maximum atomic E-state index is 14.7. The molecule has 4 atom stereocenters. The Hall–Kier alpha value is -0.900. The minimum absolute atomic E-state index is 0.150. The van der Waals surface area contributed by atoms with Crippen LogP contribution in [-0.4, -0.2) is 31.7 Å². The van der Waals surface area contributed by atoms with Crippen molar-refractivity contribution in [3.63, 3.8) is 0 Å². The van der Waals surface area contributed by atoms with Gasteiger partial charge in [0.1, 0.15) is 5.76 Å². The van der Waals surface area contributed by atoms with E-state index in [0.29, 0.717) is 18.3 Å². The molecule has 4 rings (SSSR count). The molecule has 4 heteroatoms. The van der Waals surface area contributed by atoms with Crippen molar-refractivity contribution in [2.45, 2.75) is 96.5 Å². The zero-order valence-corrected chi connectivity index (χ0v) is 18.8. The Morgan fingerprint density at radius 1 is 0.800 bits per heavy atom. The van der Waals surface area contributed by atoms with Crippen LogP contribution in [0.25, 0.3) is 0 Å². The monoisotopic (exact) mass is 422 g/mol. The molecule has 0 aromatic heterocycles. The van der Waals surface area contributed by atoms with Crippen LogP contribution < -0.4 is 0 Å². The van der Waals surface area contributed by atoms with Gasteiger partial charge in [0, 0.05) is 0 Å². The summed E-state index contributed by atoms with van der Waals surface area (Å²) >= 11 is 0. The van der Waals surface area contributed by atoms with Crippen LogP contribution in [0.1, 0.15) is 78.1 Å². The molecule has 4 aliphatic rings. The van der Waals surface area contributed by atoms with Gasteiger partial charge in [-0.3, -0.25) is 0 Å². The third-order valence-corrected chi connectivity index (χ3v) is 8.53. The fourth-order valence-corrected chi connectivity index (χ4v) is 6.62. The van der Waals surface area contributed by atoms with Crippen LogP contribution in [0.4, 0.5) is 8.78 Å². The van der Waals surface area contributed by atoms with Gasteiger partial charge < -0.3 is 9.47 Å². The second kappa shape index (κ2) is 10.1. The normalized spacial score (nSPS) is 42.9. The molecule has 0 radical (unpaired) electrons. The van der Waals surface area contributed by atoms with Gasteiger partial charge in [-0.15, -0.1) is 0 Å². The highest BCUT2D eigenvalue weighted by molar-refractivity contribution is 5.31. The first-order valence-corrected chi connectivity index (χ1v) is 12.5. The van der Waals surface area contributed by atoms with Crippen molar-refractivity contribution in [2.24, 2.45) is 29.6 Å². The quantitative estimate of drug-likeness (QED) is 0.477. The molecule has 170 valence electrons. The van der Waals surface area contributed by atoms with Gasteiger partial charge in [-0.1, -0.05) is 6.08 Å². The maximum absolute atomic E-state index is 14.7. The van der Waals surface area contributed by atoms with Crippen LogP contribution in [-0.2, 0) is 9.47 Å². The Bertz CT molecular complexity index is 607. The Morgan fingerprint density at radius 2 is 1.37 bits per heavy atom. The summed E-state index contributed by atoms with van der Waals surface area (Å²) in [6.45, 7) is 5.34. The van der Waals surface area contributed by atoms with E-state index in [1.807, 2.05) is 0 Å². The van der Waals surface area contributed by atoms with Gasteiger partial charge in [-0.05, 0) is 119 Å². The van der Waals surface area contributed by atoms with Crippen molar-refractivity contribution in [3.05, 3.63) is 23.5 Å². The molecule has 0 amide bonds. The van der Waals surface area contributed by atoms with Crippen molar-refractivity contribution in [1.82, 2.24) is 0 Å².